The first kappa shape index (κ1) is 11.8. The number of pyridine rings is 1. The minimum Gasteiger partial charge on any atom is -0.373 e. The average molecular weight is 251 g/mol. The van der Waals surface area contributed by atoms with Crippen molar-refractivity contribution in [1.29, 1.82) is 0 Å². The standard InChI is InChI=1S/C11H13N3O2S/c1-12-11-6-3-8-7-9(17(15,16)13-2)4-5-10(8)14-11/h3-7,13H,1-2H3,(H,12,14). The summed E-state index contributed by atoms with van der Waals surface area (Å²) in [7, 11) is -0.222. The monoisotopic (exact) mass is 251 g/mol. The minimum absolute atomic E-state index is 0.242. The number of rotatable bonds is 3. The largest absolute Gasteiger partial charge is 0.373 e. The van der Waals surface area contributed by atoms with E-state index in [0.29, 0.717) is 0 Å². The zero-order chi connectivity index (χ0) is 12.5. The Hall–Kier alpha value is -1.66. The van der Waals surface area contributed by atoms with Crippen molar-refractivity contribution in [3.63, 3.8) is 0 Å². The van der Waals surface area contributed by atoms with Crippen molar-refractivity contribution in [2.45, 2.75) is 4.90 Å². The maximum atomic E-state index is 11.6. The molecule has 2 aromatic rings. The van der Waals surface area contributed by atoms with Gasteiger partial charge in [0.05, 0.1) is 10.4 Å². The molecule has 0 aliphatic rings. The second-order valence-corrected chi connectivity index (χ2v) is 5.40. The Kier molecular flexibility index (Phi) is 2.99. The molecule has 0 unspecified atom stereocenters. The number of hydrogen-bond acceptors (Lipinski definition) is 4. The molecule has 1 aromatic heterocycles. The summed E-state index contributed by atoms with van der Waals surface area (Å²) < 4.78 is 25.5. The zero-order valence-corrected chi connectivity index (χ0v) is 10.4. The summed E-state index contributed by atoms with van der Waals surface area (Å²) in [4.78, 5) is 4.56. The third kappa shape index (κ3) is 2.22. The molecule has 0 aliphatic heterocycles. The van der Waals surface area contributed by atoms with Gasteiger partial charge in [0.25, 0.3) is 0 Å². The third-order valence-electron chi connectivity index (χ3n) is 2.50. The maximum absolute atomic E-state index is 11.6. The van der Waals surface area contributed by atoms with Crippen molar-refractivity contribution in [2.24, 2.45) is 0 Å². The first-order chi connectivity index (χ1) is 8.06. The Morgan fingerprint density at radius 3 is 2.53 bits per heavy atom. The number of hydrogen-bond donors (Lipinski definition) is 2. The van der Waals surface area contributed by atoms with E-state index in [1.807, 2.05) is 6.07 Å². The molecule has 0 saturated heterocycles. The fourth-order valence-corrected chi connectivity index (χ4v) is 2.29. The number of fused-ring (bicyclic) bond motifs is 1. The number of sulfonamides is 1. The summed E-state index contributed by atoms with van der Waals surface area (Å²) in [6.45, 7) is 0. The highest BCUT2D eigenvalue weighted by Crippen LogP contribution is 2.19. The van der Waals surface area contributed by atoms with Gasteiger partial charge in [0.1, 0.15) is 5.82 Å². The predicted molar refractivity (Wildman–Crippen MR) is 67.5 cm³/mol. The number of nitrogens with zero attached hydrogens (tertiary/aromatic N) is 1. The second kappa shape index (κ2) is 4.31. The number of nitrogens with one attached hydrogen (secondary N) is 2. The summed E-state index contributed by atoms with van der Waals surface area (Å²) in [6.07, 6.45) is 0. The molecule has 0 saturated carbocycles. The highest BCUT2D eigenvalue weighted by atomic mass is 32.2. The van der Waals surface area contributed by atoms with Gasteiger partial charge in [0.2, 0.25) is 10.0 Å². The molecule has 1 aromatic carbocycles. The molecule has 0 amide bonds. The molecule has 0 radical (unpaired) electrons. The number of anilines is 1. The normalized spacial score (nSPS) is 11.6. The SMILES string of the molecule is CNc1ccc2cc(S(=O)(=O)NC)ccc2n1. The molecular formula is C11H13N3O2S. The van der Waals surface area contributed by atoms with Crippen molar-refractivity contribution in [2.75, 3.05) is 19.4 Å². The van der Waals surface area contributed by atoms with Crippen LogP contribution in [0.25, 0.3) is 10.9 Å². The van der Waals surface area contributed by atoms with Crippen LogP contribution in [0.3, 0.4) is 0 Å². The molecule has 2 N–H and O–H groups in total. The van der Waals surface area contributed by atoms with Crippen LogP contribution in [0.1, 0.15) is 0 Å². The lowest BCUT2D eigenvalue weighted by molar-refractivity contribution is 0.588. The van der Waals surface area contributed by atoms with E-state index in [2.05, 4.69) is 15.0 Å². The summed E-state index contributed by atoms with van der Waals surface area (Å²) in [6, 6.07) is 8.48. The third-order valence-corrected chi connectivity index (χ3v) is 3.91. The van der Waals surface area contributed by atoms with Crippen LogP contribution >= 0.6 is 0 Å². The second-order valence-electron chi connectivity index (χ2n) is 3.51. The van der Waals surface area contributed by atoms with Gasteiger partial charge in [-0.1, -0.05) is 0 Å². The van der Waals surface area contributed by atoms with Gasteiger partial charge in [0.15, 0.2) is 0 Å². The van der Waals surface area contributed by atoms with Gasteiger partial charge < -0.3 is 5.32 Å². The van der Waals surface area contributed by atoms with Crippen LogP contribution in [0.15, 0.2) is 35.2 Å². The molecule has 0 atom stereocenters. The van der Waals surface area contributed by atoms with E-state index in [1.165, 1.54) is 7.05 Å². The Morgan fingerprint density at radius 2 is 1.88 bits per heavy atom. The molecule has 90 valence electrons. The number of aromatic nitrogens is 1. The maximum Gasteiger partial charge on any atom is 0.240 e. The van der Waals surface area contributed by atoms with Crippen molar-refractivity contribution >= 4 is 26.7 Å². The molecule has 0 aliphatic carbocycles. The van der Waals surface area contributed by atoms with Crippen LogP contribution in [0, 0.1) is 0 Å². The van der Waals surface area contributed by atoms with E-state index in [1.54, 1.807) is 31.3 Å². The summed E-state index contributed by atoms with van der Waals surface area (Å²) in [5.74, 6) is 0.752. The Morgan fingerprint density at radius 1 is 1.12 bits per heavy atom. The topological polar surface area (TPSA) is 71.1 Å². The number of benzene rings is 1. The molecule has 0 fully saturated rings. The van der Waals surface area contributed by atoms with Crippen LogP contribution in [-0.4, -0.2) is 27.5 Å². The van der Waals surface area contributed by atoms with Gasteiger partial charge in [-0.05, 0) is 37.4 Å². The molecule has 0 bridgehead atoms. The van der Waals surface area contributed by atoms with E-state index in [0.717, 1.165) is 16.7 Å². The van der Waals surface area contributed by atoms with E-state index in [4.69, 9.17) is 0 Å². The zero-order valence-electron chi connectivity index (χ0n) is 9.56. The summed E-state index contributed by atoms with van der Waals surface area (Å²) >= 11 is 0. The first-order valence-electron chi connectivity index (χ1n) is 5.09. The predicted octanol–water partition coefficient (Wildman–Crippen LogP) is 1.18. The van der Waals surface area contributed by atoms with Crippen molar-refractivity contribution < 1.29 is 8.42 Å². The highest BCUT2D eigenvalue weighted by Gasteiger charge is 2.11. The summed E-state index contributed by atoms with van der Waals surface area (Å²) in [5.41, 5.74) is 0.756. The minimum atomic E-state index is -3.40. The summed E-state index contributed by atoms with van der Waals surface area (Å²) in [5, 5.41) is 3.73. The van der Waals surface area contributed by atoms with Crippen LogP contribution in [0.2, 0.25) is 0 Å². The van der Waals surface area contributed by atoms with Gasteiger partial charge in [-0.3, -0.25) is 0 Å². The smallest absolute Gasteiger partial charge is 0.240 e. The van der Waals surface area contributed by atoms with Crippen molar-refractivity contribution in [1.82, 2.24) is 9.71 Å². The Labute approximate surface area is 99.9 Å². The van der Waals surface area contributed by atoms with Gasteiger partial charge in [0, 0.05) is 12.4 Å². The van der Waals surface area contributed by atoms with Crippen LogP contribution in [0.4, 0.5) is 5.82 Å². The molecule has 6 heteroatoms. The molecule has 0 spiro atoms. The first-order valence-corrected chi connectivity index (χ1v) is 6.57. The van der Waals surface area contributed by atoms with Crippen molar-refractivity contribution in [3.8, 4) is 0 Å². The highest BCUT2D eigenvalue weighted by molar-refractivity contribution is 7.89. The van der Waals surface area contributed by atoms with Gasteiger partial charge in [-0.25, -0.2) is 18.1 Å². The van der Waals surface area contributed by atoms with E-state index in [-0.39, 0.29) is 4.90 Å². The van der Waals surface area contributed by atoms with Crippen LogP contribution < -0.4 is 10.0 Å². The van der Waals surface area contributed by atoms with Gasteiger partial charge >= 0.3 is 0 Å². The van der Waals surface area contributed by atoms with Crippen LogP contribution in [0.5, 0.6) is 0 Å². The Bertz CT molecular complexity index is 653. The molecule has 17 heavy (non-hydrogen) atoms. The molecule has 2 rings (SSSR count). The van der Waals surface area contributed by atoms with Gasteiger partial charge in [-0.15, -0.1) is 0 Å². The van der Waals surface area contributed by atoms with Crippen LogP contribution in [-0.2, 0) is 10.0 Å². The lowest BCUT2D eigenvalue weighted by atomic mass is 10.2. The Balaban J connectivity index is 2.60. The lowest BCUT2D eigenvalue weighted by Crippen LogP contribution is -2.18. The lowest BCUT2D eigenvalue weighted by Gasteiger charge is -2.05. The van der Waals surface area contributed by atoms with E-state index < -0.39 is 10.0 Å². The molecular weight excluding hydrogens is 238 g/mol. The molecule has 1 heterocycles. The quantitative estimate of drug-likeness (QED) is 0.859. The molecule has 5 nitrogen and oxygen atoms in total. The van der Waals surface area contributed by atoms with E-state index in [9.17, 15) is 8.42 Å². The fraction of sp³-hybridized carbons (Fsp3) is 0.182. The average Bonchev–Trinajstić information content (AvgIpc) is 2.37. The van der Waals surface area contributed by atoms with Crippen molar-refractivity contribution in [3.05, 3.63) is 30.3 Å². The van der Waals surface area contributed by atoms with E-state index >= 15 is 0 Å². The fourth-order valence-electron chi connectivity index (χ4n) is 1.53. The van der Waals surface area contributed by atoms with Gasteiger partial charge in [-0.2, -0.15) is 0 Å².